The van der Waals surface area contributed by atoms with Crippen LogP contribution in [0.5, 0.6) is 11.5 Å². The fourth-order valence-electron chi connectivity index (χ4n) is 2.35. The van der Waals surface area contributed by atoms with E-state index in [4.69, 9.17) is 21.1 Å². The van der Waals surface area contributed by atoms with Crippen molar-refractivity contribution in [3.05, 3.63) is 57.0 Å². The maximum absolute atomic E-state index is 11.1. The van der Waals surface area contributed by atoms with E-state index >= 15 is 0 Å². The molecular formula is C16H16BrClO3. The molecule has 0 radical (unpaired) electrons. The Morgan fingerprint density at radius 3 is 2.14 bits per heavy atom. The third kappa shape index (κ3) is 3.03. The van der Waals surface area contributed by atoms with Crippen LogP contribution < -0.4 is 9.47 Å². The fourth-order valence-corrected chi connectivity index (χ4v) is 3.21. The van der Waals surface area contributed by atoms with Crippen LogP contribution >= 0.6 is 27.5 Å². The second-order valence-corrected chi connectivity index (χ2v) is 6.06. The molecule has 0 bridgehead atoms. The van der Waals surface area contributed by atoms with Gasteiger partial charge in [-0.3, -0.25) is 0 Å². The molecule has 0 fully saturated rings. The number of ether oxygens (including phenoxy) is 2. The number of hydrogen-bond acceptors (Lipinski definition) is 3. The van der Waals surface area contributed by atoms with Gasteiger partial charge in [0, 0.05) is 15.1 Å². The van der Waals surface area contributed by atoms with Crippen LogP contribution in [-0.2, 0) is 5.60 Å². The van der Waals surface area contributed by atoms with Crippen molar-refractivity contribution in [1.29, 1.82) is 0 Å². The lowest BCUT2D eigenvalue weighted by molar-refractivity contribution is 0.0956. The summed E-state index contributed by atoms with van der Waals surface area (Å²) in [4.78, 5) is 0. The van der Waals surface area contributed by atoms with Crippen molar-refractivity contribution in [3.8, 4) is 11.5 Å². The molecular weight excluding hydrogens is 356 g/mol. The summed E-state index contributed by atoms with van der Waals surface area (Å²) in [6, 6.07) is 10.7. The van der Waals surface area contributed by atoms with Crippen molar-refractivity contribution in [2.24, 2.45) is 0 Å². The Morgan fingerprint density at radius 1 is 1.10 bits per heavy atom. The van der Waals surface area contributed by atoms with E-state index in [0.717, 1.165) is 4.47 Å². The van der Waals surface area contributed by atoms with E-state index in [9.17, 15) is 5.11 Å². The maximum Gasteiger partial charge on any atom is 0.129 e. The predicted molar refractivity (Wildman–Crippen MR) is 87.4 cm³/mol. The van der Waals surface area contributed by atoms with Crippen molar-refractivity contribution in [3.63, 3.8) is 0 Å². The summed E-state index contributed by atoms with van der Waals surface area (Å²) in [6.07, 6.45) is 0. The molecule has 0 spiro atoms. The topological polar surface area (TPSA) is 38.7 Å². The second kappa shape index (κ2) is 6.26. The summed E-state index contributed by atoms with van der Waals surface area (Å²) in [7, 11) is 3.11. The van der Waals surface area contributed by atoms with Gasteiger partial charge in [0.25, 0.3) is 0 Å². The molecule has 0 amide bonds. The normalized spacial score (nSPS) is 13.6. The van der Waals surface area contributed by atoms with E-state index in [-0.39, 0.29) is 0 Å². The number of hydrogen-bond donors (Lipinski definition) is 1. The van der Waals surface area contributed by atoms with Crippen molar-refractivity contribution in [2.75, 3.05) is 14.2 Å². The zero-order chi connectivity index (χ0) is 15.6. The fraction of sp³-hybridized carbons (Fsp3) is 0.250. The van der Waals surface area contributed by atoms with Crippen LogP contribution in [0.3, 0.4) is 0 Å². The molecule has 1 N–H and O–H groups in total. The van der Waals surface area contributed by atoms with Crippen LogP contribution in [0.4, 0.5) is 0 Å². The molecule has 21 heavy (non-hydrogen) atoms. The molecule has 5 heteroatoms. The molecule has 0 saturated heterocycles. The molecule has 1 atom stereocenters. The van der Waals surface area contributed by atoms with Gasteiger partial charge in [0.05, 0.1) is 19.8 Å². The van der Waals surface area contributed by atoms with Gasteiger partial charge in [0.1, 0.15) is 17.1 Å². The van der Waals surface area contributed by atoms with Crippen molar-refractivity contribution < 1.29 is 14.6 Å². The molecule has 112 valence electrons. The number of rotatable bonds is 4. The smallest absolute Gasteiger partial charge is 0.129 e. The summed E-state index contributed by atoms with van der Waals surface area (Å²) in [5, 5.41) is 11.6. The van der Waals surface area contributed by atoms with Gasteiger partial charge >= 0.3 is 0 Å². The molecule has 0 saturated carbocycles. The number of halogens is 2. The lowest BCUT2D eigenvalue weighted by Gasteiger charge is -2.29. The standard InChI is InChI=1S/C16H16BrClO3/c1-16(19,11-8-7-10(17)9-12(11)18)15-13(20-2)5-4-6-14(15)21-3/h4-9,19H,1-3H3. The monoisotopic (exact) mass is 370 g/mol. The predicted octanol–water partition coefficient (Wildman–Crippen LogP) is 4.38. The third-order valence-corrected chi connectivity index (χ3v) is 4.18. The van der Waals surface area contributed by atoms with Crippen LogP contribution in [-0.4, -0.2) is 19.3 Å². The zero-order valence-electron chi connectivity index (χ0n) is 12.0. The lowest BCUT2D eigenvalue weighted by atomic mass is 9.87. The Labute approximate surface area is 137 Å². The first-order valence-electron chi connectivity index (χ1n) is 6.31. The lowest BCUT2D eigenvalue weighted by Crippen LogP contribution is -2.25. The summed E-state index contributed by atoms with van der Waals surface area (Å²) in [6.45, 7) is 1.67. The summed E-state index contributed by atoms with van der Waals surface area (Å²) in [5.41, 5.74) is -0.232. The first-order chi connectivity index (χ1) is 9.91. The van der Waals surface area contributed by atoms with Crippen LogP contribution in [0.1, 0.15) is 18.1 Å². The Morgan fingerprint density at radius 2 is 1.67 bits per heavy atom. The van der Waals surface area contributed by atoms with Gasteiger partial charge in [-0.1, -0.05) is 39.7 Å². The van der Waals surface area contributed by atoms with E-state index < -0.39 is 5.60 Å². The van der Waals surface area contributed by atoms with E-state index in [1.807, 2.05) is 6.07 Å². The van der Waals surface area contributed by atoms with E-state index in [1.165, 1.54) is 0 Å². The molecule has 3 nitrogen and oxygen atoms in total. The minimum absolute atomic E-state index is 0.460. The highest BCUT2D eigenvalue weighted by molar-refractivity contribution is 9.10. The van der Waals surface area contributed by atoms with E-state index in [2.05, 4.69) is 15.9 Å². The number of aliphatic hydroxyl groups is 1. The molecule has 0 aliphatic rings. The van der Waals surface area contributed by atoms with Crippen LogP contribution in [0.25, 0.3) is 0 Å². The van der Waals surface area contributed by atoms with Gasteiger partial charge in [-0.25, -0.2) is 0 Å². The van der Waals surface area contributed by atoms with Crippen molar-refractivity contribution in [1.82, 2.24) is 0 Å². The minimum Gasteiger partial charge on any atom is -0.496 e. The Hall–Kier alpha value is -1.23. The highest BCUT2D eigenvalue weighted by Gasteiger charge is 2.34. The van der Waals surface area contributed by atoms with Gasteiger partial charge < -0.3 is 14.6 Å². The maximum atomic E-state index is 11.1. The molecule has 0 aliphatic carbocycles. The number of benzene rings is 2. The van der Waals surface area contributed by atoms with Crippen molar-refractivity contribution >= 4 is 27.5 Å². The molecule has 1 unspecified atom stereocenters. The highest BCUT2D eigenvalue weighted by Crippen LogP contribution is 2.43. The molecule has 0 heterocycles. The summed E-state index contributed by atoms with van der Waals surface area (Å²) in [5.74, 6) is 1.08. The van der Waals surface area contributed by atoms with Gasteiger partial charge in [-0.2, -0.15) is 0 Å². The zero-order valence-corrected chi connectivity index (χ0v) is 14.3. The molecule has 0 aromatic heterocycles. The number of methoxy groups -OCH3 is 2. The Kier molecular flexibility index (Phi) is 4.81. The third-order valence-electron chi connectivity index (χ3n) is 3.37. The summed E-state index contributed by atoms with van der Waals surface area (Å²) < 4.78 is 11.6. The average Bonchev–Trinajstić information content (AvgIpc) is 2.45. The molecule has 2 rings (SSSR count). The summed E-state index contributed by atoms with van der Waals surface area (Å²) >= 11 is 9.64. The average molecular weight is 372 g/mol. The second-order valence-electron chi connectivity index (χ2n) is 4.73. The highest BCUT2D eigenvalue weighted by atomic mass is 79.9. The van der Waals surface area contributed by atoms with Gasteiger partial charge in [0.15, 0.2) is 0 Å². The Balaban J connectivity index is 2.68. The van der Waals surface area contributed by atoms with E-state index in [0.29, 0.717) is 27.6 Å². The minimum atomic E-state index is -1.35. The van der Waals surface area contributed by atoms with Crippen molar-refractivity contribution in [2.45, 2.75) is 12.5 Å². The molecule has 0 aliphatic heterocycles. The Bertz CT molecular complexity index is 634. The van der Waals surface area contributed by atoms with Gasteiger partial charge in [0.2, 0.25) is 0 Å². The quantitative estimate of drug-likeness (QED) is 0.867. The first kappa shape index (κ1) is 16.1. The SMILES string of the molecule is COc1cccc(OC)c1C(C)(O)c1ccc(Br)cc1Cl. The van der Waals surface area contributed by atoms with Gasteiger partial charge in [-0.05, 0) is 31.2 Å². The van der Waals surface area contributed by atoms with Crippen LogP contribution in [0.15, 0.2) is 40.9 Å². The van der Waals surface area contributed by atoms with E-state index in [1.54, 1.807) is 51.5 Å². The van der Waals surface area contributed by atoms with Gasteiger partial charge in [-0.15, -0.1) is 0 Å². The molecule has 2 aromatic carbocycles. The molecule has 2 aromatic rings. The first-order valence-corrected chi connectivity index (χ1v) is 7.48. The largest absolute Gasteiger partial charge is 0.496 e. The van der Waals surface area contributed by atoms with Crippen LogP contribution in [0, 0.1) is 0 Å². The van der Waals surface area contributed by atoms with Crippen LogP contribution in [0.2, 0.25) is 5.02 Å².